The van der Waals surface area contributed by atoms with Crippen molar-refractivity contribution in [1.29, 1.82) is 0 Å². The lowest BCUT2D eigenvalue weighted by Crippen LogP contribution is -2.33. The first-order valence-corrected chi connectivity index (χ1v) is 7.95. The van der Waals surface area contributed by atoms with Crippen LogP contribution in [0.2, 0.25) is 0 Å². The van der Waals surface area contributed by atoms with Crippen molar-refractivity contribution in [2.24, 2.45) is 11.3 Å². The monoisotopic (exact) mass is 269 g/mol. The van der Waals surface area contributed by atoms with Gasteiger partial charge < -0.3 is 5.32 Å². The molecule has 2 rings (SSSR count). The summed E-state index contributed by atoms with van der Waals surface area (Å²) >= 11 is 0. The predicted octanol–water partition coefficient (Wildman–Crippen LogP) is 4.23. The molecule has 0 bridgehead atoms. The molecule has 1 aromatic carbocycles. The van der Waals surface area contributed by atoms with Crippen LogP contribution in [0.25, 0.3) is 0 Å². The highest BCUT2D eigenvalue weighted by atomic mass is 14.9. The lowest BCUT2D eigenvalue weighted by Gasteiger charge is -2.31. The van der Waals surface area contributed by atoms with Gasteiger partial charge in [-0.3, -0.25) is 0 Å². The predicted molar refractivity (Wildman–Crippen MR) is 86.5 cm³/mol. The smallest absolute Gasteiger partial charge is 0.0580 e. The molecule has 1 fully saturated rings. The minimum absolute atomic E-state index is 0.544. The standard InChI is InChI=1S/C19H27N/c1-17(2)15-19(12-6-7-13-19)16-20-14-8-11-18-9-4-3-5-10-18/h3-5,9-10,17,20H,6-7,12-16H2,1-2H3. The minimum atomic E-state index is 0.544. The van der Waals surface area contributed by atoms with E-state index in [1.807, 2.05) is 18.2 Å². The molecule has 0 radical (unpaired) electrons. The lowest BCUT2D eigenvalue weighted by molar-refractivity contribution is 0.227. The van der Waals surface area contributed by atoms with Gasteiger partial charge in [0.2, 0.25) is 0 Å². The van der Waals surface area contributed by atoms with Gasteiger partial charge in [-0.1, -0.05) is 56.7 Å². The van der Waals surface area contributed by atoms with Crippen molar-refractivity contribution < 1.29 is 0 Å². The van der Waals surface area contributed by atoms with Crippen molar-refractivity contribution >= 4 is 0 Å². The van der Waals surface area contributed by atoms with Gasteiger partial charge in [0, 0.05) is 12.1 Å². The molecule has 1 aliphatic rings. The maximum absolute atomic E-state index is 3.57. The van der Waals surface area contributed by atoms with Gasteiger partial charge in [0.15, 0.2) is 0 Å². The molecule has 1 N–H and O–H groups in total. The number of rotatable bonds is 5. The Kier molecular flexibility index (Phi) is 5.68. The highest BCUT2D eigenvalue weighted by molar-refractivity contribution is 5.33. The largest absolute Gasteiger partial charge is 0.306 e. The van der Waals surface area contributed by atoms with Crippen LogP contribution >= 0.6 is 0 Å². The van der Waals surface area contributed by atoms with Crippen LogP contribution in [-0.4, -0.2) is 13.1 Å². The summed E-state index contributed by atoms with van der Waals surface area (Å²) in [7, 11) is 0. The summed E-state index contributed by atoms with van der Waals surface area (Å²) < 4.78 is 0. The number of nitrogens with one attached hydrogen (secondary N) is 1. The quantitative estimate of drug-likeness (QED) is 0.623. The van der Waals surface area contributed by atoms with E-state index in [9.17, 15) is 0 Å². The molecule has 1 saturated carbocycles. The molecule has 108 valence electrons. The number of hydrogen-bond donors (Lipinski definition) is 1. The van der Waals surface area contributed by atoms with Crippen LogP contribution in [0.1, 0.15) is 51.5 Å². The Morgan fingerprint density at radius 2 is 1.85 bits per heavy atom. The fraction of sp³-hybridized carbons (Fsp3) is 0.579. The molecule has 1 heteroatoms. The van der Waals surface area contributed by atoms with Crippen LogP contribution in [0.3, 0.4) is 0 Å². The molecule has 0 aromatic heterocycles. The third kappa shape index (κ3) is 4.69. The van der Waals surface area contributed by atoms with E-state index in [1.54, 1.807) is 0 Å². The third-order valence-corrected chi connectivity index (χ3v) is 4.23. The van der Waals surface area contributed by atoms with Crippen molar-refractivity contribution in [2.45, 2.75) is 46.0 Å². The molecule has 0 aliphatic heterocycles. The van der Waals surface area contributed by atoms with Gasteiger partial charge in [0.05, 0.1) is 6.54 Å². The molecule has 0 heterocycles. The first kappa shape index (κ1) is 15.1. The first-order chi connectivity index (χ1) is 9.70. The zero-order valence-corrected chi connectivity index (χ0v) is 12.9. The van der Waals surface area contributed by atoms with Gasteiger partial charge >= 0.3 is 0 Å². The van der Waals surface area contributed by atoms with E-state index in [1.165, 1.54) is 32.1 Å². The molecule has 0 atom stereocenters. The van der Waals surface area contributed by atoms with Crippen LogP contribution in [0.4, 0.5) is 0 Å². The van der Waals surface area contributed by atoms with Crippen molar-refractivity contribution in [1.82, 2.24) is 5.32 Å². The van der Waals surface area contributed by atoms with E-state index < -0.39 is 0 Å². The van der Waals surface area contributed by atoms with Crippen LogP contribution in [-0.2, 0) is 0 Å². The summed E-state index contributed by atoms with van der Waals surface area (Å²) in [5.74, 6) is 7.24. The number of hydrogen-bond acceptors (Lipinski definition) is 1. The lowest BCUT2D eigenvalue weighted by atomic mass is 9.78. The van der Waals surface area contributed by atoms with E-state index in [4.69, 9.17) is 0 Å². The van der Waals surface area contributed by atoms with Gasteiger partial charge in [-0.15, -0.1) is 0 Å². The minimum Gasteiger partial charge on any atom is -0.306 e. The SMILES string of the molecule is CC(C)CC1(CNCC#Cc2ccccc2)CCCC1. The fourth-order valence-corrected chi connectivity index (χ4v) is 3.50. The molecular weight excluding hydrogens is 242 g/mol. The summed E-state index contributed by atoms with van der Waals surface area (Å²) in [6.45, 7) is 6.62. The highest BCUT2D eigenvalue weighted by Crippen LogP contribution is 2.42. The first-order valence-electron chi connectivity index (χ1n) is 7.95. The van der Waals surface area contributed by atoms with E-state index in [-0.39, 0.29) is 0 Å². The zero-order chi connectivity index (χ0) is 14.3. The second kappa shape index (κ2) is 7.50. The van der Waals surface area contributed by atoms with Crippen LogP contribution < -0.4 is 5.32 Å². The molecule has 0 amide bonds. The summed E-state index contributed by atoms with van der Waals surface area (Å²) in [4.78, 5) is 0. The van der Waals surface area contributed by atoms with E-state index in [0.29, 0.717) is 5.41 Å². The molecule has 1 aromatic rings. The Balaban J connectivity index is 1.78. The van der Waals surface area contributed by atoms with Crippen LogP contribution in [0.5, 0.6) is 0 Å². The third-order valence-electron chi connectivity index (χ3n) is 4.23. The molecule has 20 heavy (non-hydrogen) atoms. The summed E-state index contributed by atoms with van der Waals surface area (Å²) in [5, 5.41) is 3.57. The second-order valence-corrected chi connectivity index (χ2v) is 6.58. The van der Waals surface area contributed by atoms with Crippen molar-refractivity contribution in [3.05, 3.63) is 35.9 Å². The Morgan fingerprint density at radius 3 is 2.50 bits per heavy atom. The Morgan fingerprint density at radius 1 is 1.15 bits per heavy atom. The van der Waals surface area contributed by atoms with E-state index >= 15 is 0 Å². The molecule has 1 aliphatic carbocycles. The fourth-order valence-electron chi connectivity index (χ4n) is 3.50. The summed E-state index contributed by atoms with van der Waals surface area (Å²) in [6.07, 6.45) is 6.95. The topological polar surface area (TPSA) is 12.0 Å². The molecule has 0 spiro atoms. The maximum Gasteiger partial charge on any atom is 0.0580 e. The summed E-state index contributed by atoms with van der Waals surface area (Å²) in [6, 6.07) is 10.2. The zero-order valence-electron chi connectivity index (χ0n) is 12.9. The van der Waals surface area contributed by atoms with E-state index in [0.717, 1.165) is 24.6 Å². The molecular formula is C19H27N. The van der Waals surface area contributed by atoms with Gasteiger partial charge in [-0.2, -0.15) is 0 Å². The van der Waals surface area contributed by atoms with E-state index in [2.05, 4.69) is 43.1 Å². The molecule has 0 unspecified atom stereocenters. The Bertz CT molecular complexity index is 444. The molecule has 1 nitrogen and oxygen atoms in total. The average molecular weight is 269 g/mol. The van der Waals surface area contributed by atoms with Crippen molar-refractivity contribution in [2.75, 3.05) is 13.1 Å². The normalized spacial score (nSPS) is 16.9. The number of benzene rings is 1. The van der Waals surface area contributed by atoms with Gasteiger partial charge in [0.25, 0.3) is 0 Å². The highest BCUT2D eigenvalue weighted by Gasteiger charge is 2.33. The maximum atomic E-state index is 3.57. The van der Waals surface area contributed by atoms with Crippen LogP contribution in [0.15, 0.2) is 30.3 Å². The van der Waals surface area contributed by atoms with Gasteiger partial charge in [0.1, 0.15) is 0 Å². The van der Waals surface area contributed by atoms with Gasteiger partial charge in [-0.25, -0.2) is 0 Å². The average Bonchev–Trinajstić information content (AvgIpc) is 2.87. The second-order valence-electron chi connectivity index (χ2n) is 6.58. The Labute approximate surface area is 124 Å². The molecule has 0 saturated heterocycles. The Hall–Kier alpha value is -1.26. The summed E-state index contributed by atoms with van der Waals surface area (Å²) in [5.41, 5.74) is 1.65. The van der Waals surface area contributed by atoms with Crippen molar-refractivity contribution in [3.8, 4) is 11.8 Å². The van der Waals surface area contributed by atoms with Crippen molar-refractivity contribution in [3.63, 3.8) is 0 Å². The van der Waals surface area contributed by atoms with Gasteiger partial charge in [-0.05, 0) is 42.7 Å². The van der Waals surface area contributed by atoms with Crippen LogP contribution in [0, 0.1) is 23.2 Å².